The van der Waals surface area contributed by atoms with Crippen molar-refractivity contribution < 1.29 is 4.79 Å². The summed E-state index contributed by atoms with van der Waals surface area (Å²) in [5, 5.41) is 5.71. The van der Waals surface area contributed by atoms with Crippen LogP contribution >= 0.6 is 0 Å². The minimum Gasteiger partial charge on any atom is -0.272 e. The Balaban J connectivity index is 1.86. The van der Waals surface area contributed by atoms with E-state index in [-0.39, 0.29) is 11.8 Å². The van der Waals surface area contributed by atoms with E-state index in [9.17, 15) is 4.79 Å². The van der Waals surface area contributed by atoms with Crippen LogP contribution in [0.3, 0.4) is 0 Å². The van der Waals surface area contributed by atoms with E-state index < -0.39 is 0 Å². The molecule has 1 aliphatic heterocycles. The zero-order chi connectivity index (χ0) is 15.7. The van der Waals surface area contributed by atoms with Crippen molar-refractivity contribution in [3.8, 4) is 0 Å². The number of rotatable bonds is 3. The molecule has 0 radical (unpaired) electrons. The van der Waals surface area contributed by atoms with Crippen molar-refractivity contribution >= 4 is 17.6 Å². The largest absolute Gasteiger partial charge is 0.272 e. The van der Waals surface area contributed by atoms with E-state index >= 15 is 0 Å². The van der Waals surface area contributed by atoms with E-state index in [1.807, 2.05) is 57.2 Å². The number of carbonyl (C=O) groups excluding carboxylic acids is 1. The molecule has 0 bridgehead atoms. The van der Waals surface area contributed by atoms with E-state index in [0.29, 0.717) is 12.4 Å². The Morgan fingerprint density at radius 2 is 1.68 bits per heavy atom. The molecule has 1 aromatic heterocycles. The SMILES string of the molecule is CC1=NN(c2nc(C)cc(C)n2)C(=O)C1Cc1ccccc1. The first-order valence-electron chi connectivity index (χ1n) is 7.30. The average molecular weight is 294 g/mol. The van der Waals surface area contributed by atoms with Gasteiger partial charge in [0.1, 0.15) is 0 Å². The Morgan fingerprint density at radius 1 is 1.05 bits per heavy atom. The quantitative estimate of drug-likeness (QED) is 0.874. The molecule has 0 saturated heterocycles. The first kappa shape index (κ1) is 14.4. The van der Waals surface area contributed by atoms with Crippen molar-refractivity contribution in [2.24, 2.45) is 11.0 Å². The van der Waals surface area contributed by atoms with Gasteiger partial charge in [0.2, 0.25) is 0 Å². The normalized spacial score (nSPS) is 17.8. The van der Waals surface area contributed by atoms with Crippen molar-refractivity contribution in [2.45, 2.75) is 27.2 Å². The van der Waals surface area contributed by atoms with Gasteiger partial charge in [-0.15, -0.1) is 0 Å². The summed E-state index contributed by atoms with van der Waals surface area (Å²) < 4.78 is 0. The second-order valence-electron chi connectivity index (χ2n) is 5.58. The molecule has 112 valence electrons. The van der Waals surface area contributed by atoms with E-state index in [2.05, 4.69) is 15.1 Å². The van der Waals surface area contributed by atoms with Crippen LogP contribution < -0.4 is 5.01 Å². The van der Waals surface area contributed by atoms with E-state index in [0.717, 1.165) is 22.7 Å². The molecule has 5 heteroatoms. The summed E-state index contributed by atoms with van der Waals surface area (Å²) in [6.07, 6.45) is 0.649. The van der Waals surface area contributed by atoms with Gasteiger partial charge < -0.3 is 0 Å². The molecule has 22 heavy (non-hydrogen) atoms. The molecule has 0 aliphatic carbocycles. The van der Waals surface area contributed by atoms with Crippen LogP contribution in [-0.4, -0.2) is 21.6 Å². The second kappa shape index (κ2) is 5.67. The maximum Gasteiger partial charge on any atom is 0.259 e. The maximum atomic E-state index is 12.7. The van der Waals surface area contributed by atoms with Gasteiger partial charge in [0.05, 0.1) is 5.92 Å². The van der Waals surface area contributed by atoms with Crippen LogP contribution in [0.1, 0.15) is 23.9 Å². The smallest absolute Gasteiger partial charge is 0.259 e. The highest BCUT2D eigenvalue weighted by Gasteiger charge is 2.35. The molecule has 0 saturated carbocycles. The Kier molecular flexibility index (Phi) is 3.71. The number of hydrogen-bond donors (Lipinski definition) is 0. The van der Waals surface area contributed by atoms with Crippen molar-refractivity contribution in [3.05, 3.63) is 53.3 Å². The summed E-state index contributed by atoms with van der Waals surface area (Å²) >= 11 is 0. The predicted octanol–water partition coefficient (Wildman–Crippen LogP) is 2.67. The van der Waals surface area contributed by atoms with Crippen LogP contribution in [0, 0.1) is 19.8 Å². The van der Waals surface area contributed by atoms with Gasteiger partial charge in [-0.3, -0.25) is 4.79 Å². The number of nitrogens with zero attached hydrogens (tertiary/aromatic N) is 4. The van der Waals surface area contributed by atoms with Crippen LogP contribution in [-0.2, 0) is 11.2 Å². The standard InChI is InChI=1S/C17H18N4O/c1-11-9-12(2)19-17(18-11)21-16(22)15(13(3)20-21)10-14-7-5-4-6-8-14/h4-9,15H,10H2,1-3H3. The lowest BCUT2D eigenvalue weighted by atomic mass is 9.95. The average Bonchev–Trinajstić information content (AvgIpc) is 2.75. The molecule has 3 rings (SSSR count). The molecule has 1 atom stereocenters. The van der Waals surface area contributed by atoms with E-state index in [4.69, 9.17) is 0 Å². The molecule has 1 aliphatic rings. The Labute approximate surface area is 129 Å². The summed E-state index contributed by atoms with van der Waals surface area (Å²) in [7, 11) is 0. The number of hydrazone groups is 1. The molecule has 2 aromatic rings. The number of anilines is 1. The number of hydrogen-bond acceptors (Lipinski definition) is 4. The Hall–Kier alpha value is -2.56. The molecule has 1 amide bonds. The minimum absolute atomic E-state index is 0.0636. The van der Waals surface area contributed by atoms with E-state index in [1.165, 1.54) is 5.01 Å². The van der Waals surface area contributed by atoms with Crippen molar-refractivity contribution in [3.63, 3.8) is 0 Å². The third kappa shape index (κ3) is 2.74. The molecule has 1 unspecified atom stereocenters. The highest BCUT2D eigenvalue weighted by atomic mass is 16.2. The van der Waals surface area contributed by atoms with Gasteiger partial charge in [0.25, 0.3) is 11.9 Å². The monoisotopic (exact) mass is 294 g/mol. The van der Waals surface area contributed by atoms with Crippen LogP contribution in [0.15, 0.2) is 41.5 Å². The number of amides is 1. The summed E-state index contributed by atoms with van der Waals surface area (Å²) in [6.45, 7) is 5.65. The van der Waals surface area contributed by atoms with Gasteiger partial charge in [0, 0.05) is 17.1 Å². The Morgan fingerprint density at radius 3 is 2.32 bits per heavy atom. The van der Waals surface area contributed by atoms with Crippen molar-refractivity contribution in [1.29, 1.82) is 0 Å². The van der Waals surface area contributed by atoms with Crippen LogP contribution in [0.25, 0.3) is 0 Å². The highest BCUT2D eigenvalue weighted by molar-refractivity contribution is 6.14. The van der Waals surface area contributed by atoms with Crippen molar-refractivity contribution in [2.75, 3.05) is 5.01 Å². The number of aryl methyl sites for hydroxylation is 2. The summed E-state index contributed by atoms with van der Waals surface area (Å²) in [6, 6.07) is 11.9. The fourth-order valence-corrected chi connectivity index (χ4v) is 2.63. The van der Waals surface area contributed by atoms with Crippen LogP contribution in [0.2, 0.25) is 0 Å². The molecule has 0 N–H and O–H groups in total. The van der Waals surface area contributed by atoms with E-state index in [1.54, 1.807) is 0 Å². The molecular formula is C17H18N4O. The van der Waals surface area contributed by atoms with Gasteiger partial charge in [-0.05, 0) is 38.8 Å². The number of benzene rings is 1. The molecule has 2 heterocycles. The maximum absolute atomic E-state index is 12.7. The zero-order valence-corrected chi connectivity index (χ0v) is 12.9. The summed E-state index contributed by atoms with van der Waals surface area (Å²) in [4.78, 5) is 21.3. The number of carbonyl (C=O) groups is 1. The number of aromatic nitrogens is 2. The first-order chi connectivity index (χ1) is 10.5. The summed E-state index contributed by atoms with van der Waals surface area (Å²) in [5.74, 6) is 0.0515. The lowest BCUT2D eigenvalue weighted by Crippen LogP contribution is -2.29. The van der Waals surface area contributed by atoms with Crippen LogP contribution in [0.5, 0.6) is 0 Å². The third-order valence-corrected chi connectivity index (χ3v) is 3.71. The lowest BCUT2D eigenvalue weighted by Gasteiger charge is -2.13. The molecule has 0 spiro atoms. The van der Waals surface area contributed by atoms with Crippen molar-refractivity contribution in [1.82, 2.24) is 9.97 Å². The molecular weight excluding hydrogens is 276 g/mol. The molecule has 1 aromatic carbocycles. The molecule has 0 fully saturated rings. The zero-order valence-electron chi connectivity index (χ0n) is 12.9. The van der Waals surface area contributed by atoms with Gasteiger partial charge in [-0.1, -0.05) is 30.3 Å². The minimum atomic E-state index is -0.244. The van der Waals surface area contributed by atoms with Gasteiger partial charge in [-0.2, -0.15) is 10.1 Å². The second-order valence-corrected chi connectivity index (χ2v) is 5.58. The fourth-order valence-electron chi connectivity index (χ4n) is 2.63. The van der Waals surface area contributed by atoms with Gasteiger partial charge in [0.15, 0.2) is 0 Å². The fraction of sp³-hybridized carbons (Fsp3) is 0.294. The van der Waals surface area contributed by atoms with Crippen LogP contribution in [0.4, 0.5) is 5.95 Å². The third-order valence-electron chi connectivity index (χ3n) is 3.71. The summed E-state index contributed by atoms with van der Waals surface area (Å²) in [5.41, 5.74) is 3.58. The Bertz CT molecular complexity index is 719. The highest BCUT2D eigenvalue weighted by Crippen LogP contribution is 2.24. The first-order valence-corrected chi connectivity index (χ1v) is 7.30. The topological polar surface area (TPSA) is 58.5 Å². The predicted molar refractivity (Wildman–Crippen MR) is 85.7 cm³/mol. The van der Waals surface area contributed by atoms with Gasteiger partial charge >= 0.3 is 0 Å². The molecule has 5 nitrogen and oxygen atoms in total. The lowest BCUT2D eigenvalue weighted by molar-refractivity contribution is -0.119. The van der Waals surface area contributed by atoms with Gasteiger partial charge in [-0.25, -0.2) is 9.97 Å².